The molecular formula is C24H32N4O8. The van der Waals surface area contributed by atoms with Crippen LogP contribution in [0, 0.1) is 0 Å². The normalized spacial score (nSPS) is 26.0. The largest absolute Gasteiger partial charge is 0.462 e. The first-order chi connectivity index (χ1) is 17.4. The molecule has 1 amide bonds. The van der Waals surface area contributed by atoms with Crippen molar-refractivity contribution in [3.63, 3.8) is 0 Å². The fourth-order valence-electron chi connectivity index (χ4n) is 4.18. The minimum Gasteiger partial charge on any atom is -0.462 e. The van der Waals surface area contributed by atoms with E-state index in [0.29, 0.717) is 18.6 Å². The molecular weight excluding hydrogens is 472 g/mol. The molecule has 8 N–H and O–H groups in total. The van der Waals surface area contributed by atoms with Gasteiger partial charge < -0.3 is 35.3 Å². The van der Waals surface area contributed by atoms with Gasteiger partial charge >= 0.3 is 0 Å². The molecule has 1 fully saturated rings. The molecule has 0 radical (unpaired) electrons. The molecule has 2 aliphatic heterocycles. The van der Waals surface area contributed by atoms with E-state index < -0.39 is 37.3 Å². The molecule has 4 rings (SSSR count). The number of hydrazine groups is 2. The van der Waals surface area contributed by atoms with Crippen molar-refractivity contribution in [2.75, 3.05) is 13.2 Å². The van der Waals surface area contributed by atoms with Gasteiger partial charge in [0.05, 0.1) is 12.3 Å². The van der Waals surface area contributed by atoms with E-state index in [1.807, 2.05) is 35.5 Å². The van der Waals surface area contributed by atoms with Crippen molar-refractivity contribution in [1.82, 2.24) is 21.4 Å². The molecule has 1 saturated heterocycles. The number of hydrogen-bond donors (Lipinski definition) is 8. The third-order valence-corrected chi connectivity index (χ3v) is 6.27. The zero-order valence-corrected chi connectivity index (χ0v) is 19.6. The first kappa shape index (κ1) is 26.1. The Hall–Kier alpha value is -2.97. The van der Waals surface area contributed by atoms with E-state index >= 15 is 0 Å². The highest BCUT2D eigenvalue weighted by molar-refractivity contribution is 5.87. The van der Waals surface area contributed by atoms with Crippen LogP contribution < -0.4 is 21.2 Å². The molecule has 0 aromatic heterocycles. The number of ether oxygens (including phenoxy) is 2. The summed E-state index contributed by atoms with van der Waals surface area (Å²) in [5.74, 6) is 0.0316. The average molecular weight is 505 g/mol. The number of aliphatic hydroxyl groups excluding tert-OH is 4. The summed E-state index contributed by atoms with van der Waals surface area (Å²) in [5.41, 5.74) is 9.75. The van der Waals surface area contributed by atoms with Gasteiger partial charge in [-0.1, -0.05) is 24.6 Å². The monoisotopic (exact) mass is 504 g/mol. The number of benzene rings is 2. The molecule has 0 unspecified atom stereocenters. The number of carbonyl (C=O) groups excluding carboxylic acids is 1. The predicted molar refractivity (Wildman–Crippen MR) is 128 cm³/mol. The summed E-state index contributed by atoms with van der Waals surface area (Å²) in [6.45, 7) is 0.230. The topological polar surface area (TPSA) is 176 Å². The van der Waals surface area contributed by atoms with E-state index in [1.54, 1.807) is 17.6 Å². The number of carbonyl (C=O) groups is 1. The second-order valence-electron chi connectivity index (χ2n) is 8.86. The Morgan fingerprint density at radius 2 is 1.81 bits per heavy atom. The molecule has 36 heavy (non-hydrogen) atoms. The maximum Gasteiger partial charge on any atom is 0.243 e. The van der Waals surface area contributed by atoms with Gasteiger partial charge in [0.1, 0.15) is 30.2 Å². The van der Waals surface area contributed by atoms with Gasteiger partial charge in [0.25, 0.3) is 0 Å². The van der Waals surface area contributed by atoms with Crippen LogP contribution in [0.5, 0.6) is 5.75 Å². The molecule has 196 valence electrons. The van der Waals surface area contributed by atoms with Crippen LogP contribution in [-0.2, 0) is 9.53 Å². The van der Waals surface area contributed by atoms with Crippen molar-refractivity contribution < 1.29 is 39.9 Å². The van der Waals surface area contributed by atoms with Gasteiger partial charge in [-0.2, -0.15) is 0 Å². The van der Waals surface area contributed by atoms with Crippen LogP contribution in [0.1, 0.15) is 31.2 Å². The van der Waals surface area contributed by atoms with E-state index in [1.165, 1.54) is 0 Å². The van der Waals surface area contributed by atoms with Crippen molar-refractivity contribution in [2.45, 2.75) is 56.4 Å². The summed E-state index contributed by atoms with van der Waals surface area (Å²) in [5, 5.41) is 51.7. The molecule has 2 aromatic carbocycles. The number of amides is 1. The third kappa shape index (κ3) is 6.05. The van der Waals surface area contributed by atoms with Gasteiger partial charge in [-0.05, 0) is 41.8 Å². The standard InChI is InChI=1S/C24H32N4O8/c29-13-19-21(31)22(32)23(33)24(36-19)35-17-8-7-14-10-16(6-5-15(14)11-17)18-12-28(27-25-18)9-3-1-2-4-20(30)26-34/h5-8,10-12,19,21-25,27,29,31-34H,1-4,9,13H2,(H,26,30)/t19-,21-,22+,23+,24+/m1/s1. The van der Waals surface area contributed by atoms with E-state index in [4.69, 9.17) is 14.7 Å². The average Bonchev–Trinajstić information content (AvgIpc) is 3.37. The molecule has 0 bridgehead atoms. The molecule has 12 nitrogen and oxygen atoms in total. The van der Waals surface area contributed by atoms with Crippen LogP contribution in [0.25, 0.3) is 16.5 Å². The molecule has 12 heteroatoms. The molecule has 2 aliphatic rings. The Labute approximate surface area is 207 Å². The molecule has 2 heterocycles. The minimum absolute atomic E-state index is 0.301. The fraction of sp³-hybridized carbons (Fsp3) is 0.458. The number of fused-ring (bicyclic) bond motifs is 1. The van der Waals surface area contributed by atoms with Crippen molar-refractivity contribution in [3.8, 4) is 5.75 Å². The highest BCUT2D eigenvalue weighted by Gasteiger charge is 2.44. The highest BCUT2D eigenvalue weighted by Crippen LogP contribution is 2.28. The van der Waals surface area contributed by atoms with E-state index in [9.17, 15) is 25.2 Å². The third-order valence-electron chi connectivity index (χ3n) is 6.27. The Balaban J connectivity index is 1.36. The van der Waals surface area contributed by atoms with Crippen LogP contribution in [0.2, 0.25) is 0 Å². The van der Waals surface area contributed by atoms with Crippen LogP contribution in [-0.4, -0.2) is 80.4 Å². The Morgan fingerprint density at radius 3 is 2.58 bits per heavy atom. The first-order valence-electron chi connectivity index (χ1n) is 11.8. The Bertz CT molecular complexity index is 1080. The van der Waals surface area contributed by atoms with Gasteiger partial charge in [0, 0.05) is 24.7 Å². The van der Waals surface area contributed by atoms with Crippen LogP contribution >= 0.6 is 0 Å². The summed E-state index contributed by atoms with van der Waals surface area (Å²) in [4.78, 5) is 11.0. The van der Waals surface area contributed by atoms with Crippen LogP contribution in [0.4, 0.5) is 0 Å². The lowest BCUT2D eigenvalue weighted by Crippen LogP contribution is -2.60. The van der Waals surface area contributed by atoms with Gasteiger partial charge in [-0.25, -0.2) is 5.48 Å². The summed E-state index contributed by atoms with van der Waals surface area (Å²) in [6, 6.07) is 11.3. The Kier molecular flexibility index (Phi) is 8.59. The minimum atomic E-state index is -1.50. The number of rotatable bonds is 10. The maximum absolute atomic E-state index is 11.0. The lowest BCUT2D eigenvalue weighted by molar-refractivity contribution is -0.277. The van der Waals surface area contributed by atoms with E-state index in [-0.39, 0.29) is 5.91 Å². The van der Waals surface area contributed by atoms with Crippen LogP contribution in [0.15, 0.2) is 42.6 Å². The number of unbranched alkanes of at least 4 members (excludes halogenated alkanes) is 2. The number of nitrogens with zero attached hydrogens (tertiary/aromatic N) is 1. The summed E-state index contributed by atoms with van der Waals surface area (Å²) < 4.78 is 11.1. The number of nitrogens with one attached hydrogen (secondary N) is 3. The molecule has 0 spiro atoms. The lowest BCUT2D eigenvalue weighted by Gasteiger charge is -2.39. The van der Waals surface area contributed by atoms with Gasteiger partial charge in [-0.3, -0.25) is 15.0 Å². The second-order valence-corrected chi connectivity index (χ2v) is 8.86. The Morgan fingerprint density at radius 1 is 1.03 bits per heavy atom. The van der Waals surface area contributed by atoms with Gasteiger partial charge in [0.15, 0.2) is 0 Å². The number of hydrogen-bond acceptors (Lipinski definition) is 11. The van der Waals surface area contributed by atoms with Gasteiger partial charge in [-0.15, -0.1) is 5.53 Å². The molecule has 5 atom stereocenters. The zero-order valence-electron chi connectivity index (χ0n) is 19.6. The van der Waals surface area contributed by atoms with Crippen molar-refractivity contribution in [1.29, 1.82) is 0 Å². The second kappa shape index (κ2) is 11.8. The zero-order chi connectivity index (χ0) is 25.7. The summed E-state index contributed by atoms with van der Waals surface area (Å²) in [6.07, 6.45) is -1.98. The smallest absolute Gasteiger partial charge is 0.243 e. The van der Waals surface area contributed by atoms with E-state index in [2.05, 4.69) is 11.0 Å². The van der Waals surface area contributed by atoms with Gasteiger partial charge in [0.2, 0.25) is 12.2 Å². The molecule has 2 aromatic rings. The SMILES string of the molecule is O=C(CCCCCN1C=C(c2ccc3cc(O[C@H]4O[C@H](CO)[C@@H](O)[C@H](O)[C@@H]4O)ccc3c2)NN1)NO. The first-order valence-corrected chi connectivity index (χ1v) is 11.8. The summed E-state index contributed by atoms with van der Waals surface area (Å²) in [7, 11) is 0. The fourth-order valence-corrected chi connectivity index (χ4v) is 4.18. The quantitative estimate of drug-likeness (QED) is 0.121. The number of hydroxylamine groups is 1. The predicted octanol–water partition coefficient (Wildman–Crippen LogP) is -0.292. The highest BCUT2D eigenvalue weighted by atomic mass is 16.7. The summed E-state index contributed by atoms with van der Waals surface area (Å²) >= 11 is 0. The molecule has 0 saturated carbocycles. The van der Waals surface area contributed by atoms with E-state index in [0.717, 1.165) is 41.4 Å². The maximum atomic E-state index is 11.0. The lowest BCUT2D eigenvalue weighted by atomic mass is 9.99. The van der Waals surface area contributed by atoms with Crippen LogP contribution in [0.3, 0.4) is 0 Å². The number of aliphatic hydroxyl groups is 4. The molecule has 0 aliphatic carbocycles. The van der Waals surface area contributed by atoms with Crippen molar-refractivity contribution >= 4 is 22.4 Å². The van der Waals surface area contributed by atoms with Crippen molar-refractivity contribution in [3.05, 3.63) is 48.2 Å². The van der Waals surface area contributed by atoms with Crippen molar-refractivity contribution in [2.24, 2.45) is 0 Å².